The molecule has 0 saturated heterocycles. The van der Waals surface area contributed by atoms with Gasteiger partial charge in [0.2, 0.25) is 11.1 Å². The fraction of sp³-hybridized carbons (Fsp3) is 0.357. The summed E-state index contributed by atoms with van der Waals surface area (Å²) in [5.41, 5.74) is 9.42. The minimum Gasteiger partial charge on any atom is -0.443 e. The highest BCUT2D eigenvalue weighted by Crippen LogP contribution is 2.14. The quantitative estimate of drug-likeness (QED) is 0.397. The molecule has 0 aliphatic rings. The van der Waals surface area contributed by atoms with Gasteiger partial charge in [-0.25, -0.2) is 10.2 Å². The molecule has 0 fully saturated rings. The van der Waals surface area contributed by atoms with Gasteiger partial charge in [0.25, 0.3) is 10.0 Å². The molecular weight excluding hydrogens is 366 g/mol. The van der Waals surface area contributed by atoms with Crippen LogP contribution in [-0.2, 0) is 14.8 Å². The summed E-state index contributed by atoms with van der Waals surface area (Å²) >= 11 is 0.983. The van der Waals surface area contributed by atoms with Gasteiger partial charge in [0.05, 0.1) is 4.90 Å². The molecule has 11 heteroatoms. The van der Waals surface area contributed by atoms with Crippen LogP contribution in [0.2, 0.25) is 0 Å². The summed E-state index contributed by atoms with van der Waals surface area (Å²) in [6, 6.07) is 7.72. The van der Waals surface area contributed by atoms with E-state index in [1.54, 1.807) is 45.2 Å². The number of sulfonamides is 1. The highest BCUT2D eigenvalue weighted by atomic mass is 32.2. The Bertz CT molecular complexity index is 755. The first-order valence-corrected chi connectivity index (χ1v) is 9.73. The van der Waals surface area contributed by atoms with Crippen LogP contribution in [0.5, 0.6) is 0 Å². The molecule has 1 rings (SSSR count). The van der Waals surface area contributed by atoms with Crippen molar-refractivity contribution in [3.63, 3.8) is 0 Å². The second-order valence-electron chi connectivity index (χ2n) is 5.62. The number of nitrogens with zero attached hydrogens (tertiary/aromatic N) is 2. The van der Waals surface area contributed by atoms with E-state index in [0.29, 0.717) is 0 Å². The van der Waals surface area contributed by atoms with Crippen molar-refractivity contribution in [3.8, 4) is 0 Å². The molecule has 1 aromatic carbocycles. The Labute approximate surface area is 151 Å². The van der Waals surface area contributed by atoms with Crippen LogP contribution in [0, 0.1) is 0 Å². The molecule has 0 aliphatic carbocycles. The average Bonchev–Trinajstić information content (AvgIpc) is 2.51. The van der Waals surface area contributed by atoms with Crippen molar-refractivity contribution in [1.29, 1.82) is 0 Å². The first-order chi connectivity index (χ1) is 11.5. The lowest BCUT2D eigenvalue weighted by molar-refractivity contribution is 0.0512. The molecule has 0 aliphatic heterocycles. The van der Waals surface area contributed by atoms with Crippen LogP contribution < -0.4 is 16.6 Å². The highest BCUT2D eigenvalue weighted by Gasteiger charge is 2.16. The Balaban J connectivity index is 2.82. The number of thioether (sulfide) groups is 1. The smallest absolute Gasteiger partial charge is 0.426 e. The number of amidine groups is 1. The molecule has 0 saturated carbocycles. The van der Waals surface area contributed by atoms with Crippen molar-refractivity contribution in [2.45, 2.75) is 31.3 Å². The van der Waals surface area contributed by atoms with Gasteiger partial charge in [-0.3, -0.25) is 5.43 Å². The summed E-state index contributed by atoms with van der Waals surface area (Å²) in [5.74, 6) is -0.248. The van der Waals surface area contributed by atoms with Crippen molar-refractivity contribution in [3.05, 3.63) is 30.3 Å². The van der Waals surface area contributed by atoms with Crippen molar-refractivity contribution >= 4 is 39.0 Å². The molecule has 0 aromatic heterocycles. The van der Waals surface area contributed by atoms with E-state index < -0.39 is 21.7 Å². The molecule has 0 bridgehead atoms. The lowest BCUT2D eigenvalue weighted by Gasteiger charge is -2.19. The largest absolute Gasteiger partial charge is 0.443 e. The predicted octanol–water partition coefficient (Wildman–Crippen LogP) is 1.44. The van der Waals surface area contributed by atoms with E-state index in [1.807, 2.05) is 0 Å². The number of benzene rings is 1. The number of hydrazine groups is 1. The number of guanidine groups is 1. The predicted molar refractivity (Wildman–Crippen MR) is 98.7 cm³/mol. The Hall–Kier alpha value is -2.27. The van der Waals surface area contributed by atoms with E-state index in [4.69, 9.17) is 10.5 Å². The van der Waals surface area contributed by atoms with Crippen molar-refractivity contribution in [1.82, 2.24) is 10.9 Å². The molecule has 4 N–H and O–H groups in total. The summed E-state index contributed by atoms with van der Waals surface area (Å²) in [6.07, 6.45) is 0.836. The van der Waals surface area contributed by atoms with E-state index in [2.05, 4.69) is 20.2 Å². The number of nitrogens with two attached hydrogens (primary N) is 1. The molecule has 25 heavy (non-hydrogen) atoms. The normalized spacial score (nSPS) is 13.3. The van der Waals surface area contributed by atoms with Crippen LogP contribution in [0.25, 0.3) is 0 Å². The minimum atomic E-state index is -3.91. The Morgan fingerprint density at radius 1 is 1.20 bits per heavy atom. The molecule has 1 aromatic rings. The van der Waals surface area contributed by atoms with Crippen LogP contribution in [0.3, 0.4) is 0 Å². The van der Waals surface area contributed by atoms with E-state index >= 15 is 0 Å². The molecular formula is C14H21N5O4S2. The lowest BCUT2D eigenvalue weighted by Crippen LogP contribution is -2.47. The van der Waals surface area contributed by atoms with Crippen LogP contribution in [-0.4, -0.2) is 37.5 Å². The first-order valence-electron chi connectivity index (χ1n) is 7.06. The number of ether oxygens (including phenoxy) is 1. The molecule has 0 radical (unpaired) electrons. The number of rotatable bonds is 2. The van der Waals surface area contributed by atoms with Gasteiger partial charge < -0.3 is 10.5 Å². The molecule has 9 nitrogen and oxygen atoms in total. The minimum absolute atomic E-state index is 0.0372. The molecule has 0 unspecified atom stereocenters. The molecule has 1 amide bonds. The molecule has 0 atom stereocenters. The average molecular weight is 387 g/mol. The maximum Gasteiger partial charge on any atom is 0.426 e. The van der Waals surface area contributed by atoms with Crippen LogP contribution in [0.15, 0.2) is 44.6 Å². The molecule has 0 heterocycles. The fourth-order valence-corrected chi connectivity index (χ4v) is 3.04. The zero-order valence-corrected chi connectivity index (χ0v) is 15.9. The second kappa shape index (κ2) is 8.72. The molecule has 138 valence electrons. The number of nitrogens with one attached hydrogen (secondary N) is 2. The summed E-state index contributed by atoms with van der Waals surface area (Å²) in [5, 5.41) is -0.0974. The molecule has 0 spiro atoms. The summed E-state index contributed by atoms with van der Waals surface area (Å²) in [7, 11) is -3.91. The summed E-state index contributed by atoms with van der Waals surface area (Å²) in [4.78, 5) is 15.4. The van der Waals surface area contributed by atoms with Gasteiger partial charge in [-0.1, -0.05) is 30.0 Å². The van der Waals surface area contributed by atoms with Crippen LogP contribution in [0.4, 0.5) is 4.79 Å². The Morgan fingerprint density at radius 3 is 2.32 bits per heavy atom. The van der Waals surface area contributed by atoms with Gasteiger partial charge in [0, 0.05) is 0 Å². The van der Waals surface area contributed by atoms with Gasteiger partial charge in [-0.05, 0) is 39.2 Å². The zero-order valence-electron chi connectivity index (χ0n) is 14.3. The standard InChI is InChI=1S/C14H21N5O4S2/c1-14(2,3)23-13(20)18-17-11(15)16-12(24-4)19-25(21,22)10-8-6-5-7-9-10/h5-9H,1-4H3,(H,18,20)(H3,15,16,17,19). The van der Waals surface area contributed by atoms with Gasteiger partial charge >= 0.3 is 6.09 Å². The second-order valence-corrected chi connectivity index (χ2v) is 7.99. The van der Waals surface area contributed by atoms with E-state index in [-0.39, 0.29) is 16.0 Å². The number of carbonyl (C=O) groups excluding carboxylic acids is 1. The van der Waals surface area contributed by atoms with Crippen LogP contribution >= 0.6 is 11.8 Å². The van der Waals surface area contributed by atoms with Gasteiger partial charge in [-0.15, -0.1) is 4.40 Å². The summed E-state index contributed by atoms with van der Waals surface area (Å²) in [6.45, 7) is 5.12. The van der Waals surface area contributed by atoms with Crippen molar-refractivity contribution < 1.29 is 17.9 Å². The monoisotopic (exact) mass is 387 g/mol. The Morgan fingerprint density at radius 2 is 1.80 bits per heavy atom. The Kier molecular flexibility index (Phi) is 7.24. The van der Waals surface area contributed by atoms with Crippen molar-refractivity contribution in [2.75, 3.05) is 6.26 Å². The van der Waals surface area contributed by atoms with Crippen molar-refractivity contribution in [2.24, 2.45) is 15.1 Å². The number of amides is 1. The van der Waals surface area contributed by atoms with Gasteiger partial charge in [0.15, 0.2) is 0 Å². The maximum atomic E-state index is 12.2. The third-order valence-electron chi connectivity index (χ3n) is 2.33. The van der Waals surface area contributed by atoms with Gasteiger partial charge in [-0.2, -0.15) is 13.4 Å². The lowest BCUT2D eigenvalue weighted by atomic mass is 10.2. The number of aliphatic imine (C=N–C) groups is 1. The number of carbonyl (C=O) groups is 1. The van der Waals surface area contributed by atoms with Crippen LogP contribution in [0.1, 0.15) is 20.8 Å². The number of hydrogen-bond donors (Lipinski definition) is 3. The topological polar surface area (TPSA) is 135 Å². The van der Waals surface area contributed by atoms with E-state index in [0.717, 1.165) is 11.8 Å². The van der Waals surface area contributed by atoms with E-state index in [9.17, 15) is 13.2 Å². The van der Waals surface area contributed by atoms with E-state index in [1.165, 1.54) is 12.1 Å². The first kappa shape index (κ1) is 20.8. The zero-order chi connectivity index (χ0) is 19.1. The third-order valence-corrected chi connectivity index (χ3v) is 4.27. The fourth-order valence-electron chi connectivity index (χ4n) is 1.40. The third kappa shape index (κ3) is 7.90. The van der Waals surface area contributed by atoms with Gasteiger partial charge in [0.1, 0.15) is 5.60 Å². The number of hydrogen-bond acceptors (Lipinski definition) is 5. The summed E-state index contributed by atoms with van der Waals surface area (Å²) < 4.78 is 33.0. The SMILES string of the molecule is CSC(/N=C(\N)NNC(=O)OC(C)(C)C)=N/S(=O)(=O)c1ccccc1. The maximum absolute atomic E-state index is 12.2. The highest BCUT2D eigenvalue weighted by molar-refractivity contribution is 8.14.